The molecule has 102 valence electrons. The second kappa shape index (κ2) is 6.10. The number of benzene rings is 1. The van der Waals surface area contributed by atoms with Crippen LogP contribution in [-0.4, -0.2) is 12.5 Å². The zero-order valence-corrected chi connectivity index (χ0v) is 11.3. The molecule has 1 rings (SSSR count). The monoisotopic (exact) mass is 261 g/mol. The predicted octanol–water partition coefficient (Wildman–Crippen LogP) is 2.08. The van der Waals surface area contributed by atoms with Crippen LogP contribution in [0.3, 0.4) is 0 Å². The van der Waals surface area contributed by atoms with E-state index in [0.29, 0.717) is 30.0 Å². The molecule has 1 aromatic carbocycles. The number of carbonyl (C=O) groups is 1. The second-order valence-electron chi connectivity index (χ2n) is 5.07. The van der Waals surface area contributed by atoms with Crippen molar-refractivity contribution in [2.24, 2.45) is 11.1 Å². The van der Waals surface area contributed by atoms with Crippen LogP contribution in [-0.2, 0) is 0 Å². The summed E-state index contributed by atoms with van der Waals surface area (Å²) < 4.78 is 5.53. The molecule has 0 bridgehead atoms. The fourth-order valence-corrected chi connectivity index (χ4v) is 1.61. The van der Waals surface area contributed by atoms with Gasteiger partial charge >= 0.3 is 0 Å². The van der Waals surface area contributed by atoms with Crippen LogP contribution < -0.4 is 16.2 Å². The molecule has 1 aromatic rings. The van der Waals surface area contributed by atoms with Gasteiger partial charge in [-0.05, 0) is 38.8 Å². The maximum Gasteiger partial charge on any atom is 0.252 e. The van der Waals surface area contributed by atoms with Gasteiger partial charge in [0.25, 0.3) is 5.91 Å². The minimum Gasteiger partial charge on any atom is -0.493 e. The first-order valence-corrected chi connectivity index (χ1v) is 6.09. The lowest BCUT2D eigenvalue weighted by molar-refractivity contribution is 0.0996. The minimum absolute atomic E-state index is 0.314. The molecule has 0 aliphatic heterocycles. The number of hydrogen-bond acceptors (Lipinski definition) is 4. The SMILES string of the molecule is CC(C)(C#N)CCCOc1cc(N)ccc1C(N)=O. The fourth-order valence-electron chi connectivity index (χ4n) is 1.61. The number of hydrogen-bond donors (Lipinski definition) is 2. The number of rotatable bonds is 6. The van der Waals surface area contributed by atoms with Gasteiger partial charge in [0.15, 0.2) is 0 Å². The topological polar surface area (TPSA) is 102 Å². The first kappa shape index (κ1) is 14.8. The molecule has 19 heavy (non-hydrogen) atoms. The van der Waals surface area contributed by atoms with E-state index in [1.54, 1.807) is 18.2 Å². The number of nitrogens with two attached hydrogens (primary N) is 2. The van der Waals surface area contributed by atoms with E-state index in [4.69, 9.17) is 21.5 Å². The number of primary amides is 1. The van der Waals surface area contributed by atoms with Crippen LogP contribution in [0.5, 0.6) is 5.75 Å². The van der Waals surface area contributed by atoms with Gasteiger partial charge in [0.2, 0.25) is 0 Å². The molecule has 0 saturated heterocycles. The summed E-state index contributed by atoms with van der Waals surface area (Å²) in [5.74, 6) is -0.158. The third-order valence-corrected chi connectivity index (χ3v) is 2.78. The predicted molar refractivity (Wildman–Crippen MR) is 73.5 cm³/mol. The van der Waals surface area contributed by atoms with Gasteiger partial charge in [-0.1, -0.05) is 0 Å². The summed E-state index contributed by atoms with van der Waals surface area (Å²) in [7, 11) is 0. The molecule has 0 radical (unpaired) electrons. The molecule has 0 aliphatic carbocycles. The zero-order chi connectivity index (χ0) is 14.5. The van der Waals surface area contributed by atoms with E-state index in [9.17, 15) is 4.79 Å². The number of carbonyl (C=O) groups excluding carboxylic acids is 1. The van der Waals surface area contributed by atoms with Gasteiger partial charge in [-0.2, -0.15) is 5.26 Å². The Labute approximate surface area is 113 Å². The van der Waals surface area contributed by atoms with Crippen molar-refractivity contribution in [1.82, 2.24) is 0 Å². The normalized spacial score (nSPS) is 10.8. The van der Waals surface area contributed by atoms with Crippen LogP contribution in [0, 0.1) is 16.7 Å². The Morgan fingerprint density at radius 2 is 2.16 bits per heavy atom. The molecule has 0 heterocycles. The van der Waals surface area contributed by atoms with E-state index in [2.05, 4.69) is 6.07 Å². The van der Waals surface area contributed by atoms with E-state index in [0.717, 1.165) is 6.42 Å². The summed E-state index contributed by atoms with van der Waals surface area (Å²) in [6, 6.07) is 6.96. The molecule has 0 aromatic heterocycles. The second-order valence-corrected chi connectivity index (χ2v) is 5.07. The average molecular weight is 261 g/mol. The van der Waals surface area contributed by atoms with Crippen molar-refractivity contribution < 1.29 is 9.53 Å². The van der Waals surface area contributed by atoms with Crippen LogP contribution in [0.2, 0.25) is 0 Å². The quantitative estimate of drug-likeness (QED) is 0.604. The van der Waals surface area contributed by atoms with Crippen LogP contribution in [0.15, 0.2) is 18.2 Å². The van der Waals surface area contributed by atoms with Gasteiger partial charge in [-0.25, -0.2) is 0 Å². The van der Waals surface area contributed by atoms with Gasteiger partial charge in [0, 0.05) is 11.8 Å². The van der Waals surface area contributed by atoms with E-state index in [-0.39, 0.29) is 5.41 Å². The lowest BCUT2D eigenvalue weighted by Gasteiger charge is -2.15. The Hall–Kier alpha value is -2.22. The average Bonchev–Trinajstić information content (AvgIpc) is 2.34. The van der Waals surface area contributed by atoms with Crippen LogP contribution in [0.4, 0.5) is 5.69 Å². The van der Waals surface area contributed by atoms with E-state index in [1.807, 2.05) is 13.8 Å². The van der Waals surface area contributed by atoms with Crippen LogP contribution in [0.1, 0.15) is 37.0 Å². The smallest absolute Gasteiger partial charge is 0.252 e. The van der Waals surface area contributed by atoms with Crippen molar-refractivity contribution in [1.29, 1.82) is 5.26 Å². The summed E-state index contributed by atoms with van der Waals surface area (Å²) in [5.41, 5.74) is 11.4. The molecule has 0 unspecified atom stereocenters. The number of amides is 1. The summed E-state index contributed by atoms with van der Waals surface area (Å²) in [6.07, 6.45) is 1.44. The number of ether oxygens (including phenoxy) is 1. The maximum atomic E-state index is 11.2. The molecule has 0 fully saturated rings. The minimum atomic E-state index is -0.549. The van der Waals surface area contributed by atoms with Crippen molar-refractivity contribution in [3.05, 3.63) is 23.8 Å². The van der Waals surface area contributed by atoms with Gasteiger partial charge in [0.05, 0.1) is 23.7 Å². The summed E-state index contributed by atoms with van der Waals surface area (Å²) in [5, 5.41) is 8.90. The molecule has 4 N–H and O–H groups in total. The van der Waals surface area contributed by atoms with Crippen molar-refractivity contribution >= 4 is 11.6 Å². The van der Waals surface area contributed by atoms with Crippen LogP contribution >= 0.6 is 0 Å². The van der Waals surface area contributed by atoms with Gasteiger partial charge in [-0.15, -0.1) is 0 Å². The largest absolute Gasteiger partial charge is 0.493 e. The van der Waals surface area contributed by atoms with Crippen molar-refractivity contribution in [3.8, 4) is 11.8 Å². The first-order chi connectivity index (χ1) is 8.85. The fraction of sp³-hybridized carbons (Fsp3) is 0.429. The van der Waals surface area contributed by atoms with Crippen molar-refractivity contribution in [2.45, 2.75) is 26.7 Å². The Balaban J connectivity index is 2.61. The molecule has 0 atom stereocenters. The molecule has 0 saturated carbocycles. The number of nitrogens with zero attached hydrogens (tertiary/aromatic N) is 1. The number of nitriles is 1. The third kappa shape index (κ3) is 4.51. The van der Waals surface area contributed by atoms with Gasteiger partial charge in [0.1, 0.15) is 5.75 Å². The first-order valence-electron chi connectivity index (χ1n) is 6.09. The Morgan fingerprint density at radius 3 is 2.74 bits per heavy atom. The number of nitrogen functional groups attached to an aromatic ring is 1. The summed E-state index contributed by atoms with van der Waals surface area (Å²) in [6.45, 7) is 4.17. The van der Waals surface area contributed by atoms with Crippen molar-refractivity contribution in [3.63, 3.8) is 0 Å². The van der Waals surface area contributed by atoms with Gasteiger partial charge in [-0.3, -0.25) is 4.79 Å². The molecular formula is C14H19N3O2. The molecule has 5 heteroatoms. The van der Waals surface area contributed by atoms with E-state index in [1.165, 1.54) is 0 Å². The lowest BCUT2D eigenvalue weighted by atomic mass is 9.90. The highest BCUT2D eigenvalue weighted by Crippen LogP contribution is 2.24. The van der Waals surface area contributed by atoms with E-state index < -0.39 is 5.91 Å². The molecule has 1 amide bonds. The Morgan fingerprint density at radius 1 is 1.47 bits per heavy atom. The van der Waals surface area contributed by atoms with E-state index >= 15 is 0 Å². The molecular weight excluding hydrogens is 242 g/mol. The molecule has 0 spiro atoms. The standard InChI is InChI=1S/C14H19N3O2/c1-14(2,9-15)6-3-7-19-12-8-10(16)4-5-11(12)13(17)18/h4-5,8H,3,6-7,16H2,1-2H3,(H2,17,18). The maximum absolute atomic E-state index is 11.2. The zero-order valence-electron chi connectivity index (χ0n) is 11.3. The third-order valence-electron chi connectivity index (χ3n) is 2.78. The number of anilines is 1. The summed E-state index contributed by atoms with van der Waals surface area (Å²) >= 11 is 0. The van der Waals surface area contributed by atoms with Gasteiger partial charge < -0.3 is 16.2 Å². The molecule has 5 nitrogen and oxygen atoms in total. The highest BCUT2D eigenvalue weighted by Gasteiger charge is 2.16. The summed E-state index contributed by atoms with van der Waals surface area (Å²) in [4.78, 5) is 11.2. The van der Waals surface area contributed by atoms with Crippen molar-refractivity contribution in [2.75, 3.05) is 12.3 Å². The highest BCUT2D eigenvalue weighted by atomic mass is 16.5. The van der Waals surface area contributed by atoms with Crippen LogP contribution in [0.25, 0.3) is 0 Å². The Bertz CT molecular complexity index is 504. The lowest BCUT2D eigenvalue weighted by Crippen LogP contribution is -2.14. The highest BCUT2D eigenvalue weighted by molar-refractivity contribution is 5.96. The Kier molecular flexibility index (Phi) is 4.76. The molecule has 0 aliphatic rings.